The summed E-state index contributed by atoms with van der Waals surface area (Å²) in [7, 11) is 0. The fraction of sp³-hybridized carbons (Fsp3) is 0. The predicted octanol–water partition coefficient (Wildman–Crippen LogP) is 4.49. The van der Waals surface area contributed by atoms with Crippen molar-refractivity contribution in [3.63, 3.8) is 0 Å². The maximum absolute atomic E-state index is 13.6. The Balaban J connectivity index is 1.74. The van der Waals surface area contributed by atoms with Gasteiger partial charge in [-0.1, -0.05) is 18.2 Å². The first kappa shape index (κ1) is 16.5. The smallest absolute Gasteiger partial charge is 0.274 e. The van der Waals surface area contributed by atoms with Crippen LogP contribution < -0.4 is 10.6 Å². The lowest BCUT2D eigenvalue weighted by Gasteiger charge is -2.09. The second kappa shape index (κ2) is 7.04. The average Bonchev–Trinajstić information content (AvgIpc) is 2.61. The monoisotopic (exact) mass is 343 g/mol. The molecule has 25 heavy (non-hydrogen) atoms. The molecule has 2 aromatic carbocycles. The summed E-state index contributed by atoms with van der Waals surface area (Å²) < 4.78 is 40.7. The summed E-state index contributed by atoms with van der Waals surface area (Å²) in [6.45, 7) is 0. The molecule has 0 saturated heterocycles. The fourth-order valence-electron chi connectivity index (χ4n) is 2.11. The zero-order valence-electron chi connectivity index (χ0n) is 12.8. The van der Waals surface area contributed by atoms with Crippen LogP contribution in [0.4, 0.5) is 30.2 Å². The molecule has 0 unspecified atom stereocenters. The van der Waals surface area contributed by atoms with Crippen molar-refractivity contribution < 1.29 is 18.0 Å². The van der Waals surface area contributed by atoms with Gasteiger partial charge in [-0.15, -0.1) is 0 Å². The van der Waals surface area contributed by atoms with Gasteiger partial charge in [0.1, 0.15) is 28.8 Å². The van der Waals surface area contributed by atoms with E-state index in [0.717, 1.165) is 12.1 Å². The highest BCUT2D eigenvalue weighted by Crippen LogP contribution is 2.23. The van der Waals surface area contributed by atoms with Crippen molar-refractivity contribution in [1.29, 1.82) is 0 Å². The standard InChI is InChI=1S/C18H12F3N3O/c19-12-4-1-2-7-15(12)24-18(25)16-9-8-11(10-22-16)23-17-13(20)5-3-6-14(17)21/h1-10,23H,(H,24,25). The molecule has 2 N–H and O–H groups in total. The molecule has 7 heteroatoms. The number of aromatic nitrogens is 1. The number of rotatable bonds is 4. The first-order valence-electron chi connectivity index (χ1n) is 7.27. The molecular weight excluding hydrogens is 331 g/mol. The van der Waals surface area contributed by atoms with Crippen LogP contribution >= 0.6 is 0 Å². The summed E-state index contributed by atoms with van der Waals surface area (Å²) in [4.78, 5) is 16.0. The van der Waals surface area contributed by atoms with E-state index < -0.39 is 23.4 Å². The van der Waals surface area contributed by atoms with Crippen molar-refractivity contribution in [1.82, 2.24) is 4.98 Å². The van der Waals surface area contributed by atoms with Gasteiger partial charge in [0.15, 0.2) is 0 Å². The number of pyridine rings is 1. The number of benzene rings is 2. The topological polar surface area (TPSA) is 54.0 Å². The number of halogens is 3. The number of amides is 1. The van der Waals surface area contributed by atoms with E-state index in [1.807, 2.05) is 0 Å². The molecule has 1 heterocycles. The summed E-state index contributed by atoms with van der Waals surface area (Å²) in [6.07, 6.45) is 1.25. The van der Waals surface area contributed by atoms with Crippen LogP contribution in [0.3, 0.4) is 0 Å². The van der Waals surface area contributed by atoms with Gasteiger partial charge in [0, 0.05) is 0 Å². The van der Waals surface area contributed by atoms with E-state index in [0.29, 0.717) is 5.69 Å². The van der Waals surface area contributed by atoms with Crippen LogP contribution in [0.15, 0.2) is 60.8 Å². The average molecular weight is 343 g/mol. The molecular formula is C18H12F3N3O. The molecule has 1 aromatic heterocycles. The second-order valence-corrected chi connectivity index (χ2v) is 5.09. The van der Waals surface area contributed by atoms with Crippen LogP contribution in [0.25, 0.3) is 0 Å². The number of hydrogen-bond donors (Lipinski definition) is 2. The van der Waals surface area contributed by atoms with Crippen LogP contribution in [0, 0.1) is 17.5 Å². The van der Waals surface area contributed by atoms with Gasteiger partial charge in [0.2, 0.25) is 0 Å². The molecule has 3 rings (SSSR count). The number of nitrogens with one attached hydrogen (secondary N) is 2. The van der Waals surface area contributed by atoms with E-state index in [1.165, 1.54) is 42.6 Å². The van der Waals surface area contributed by atoms with Crippen molar-refractivity contribution >= 4 is 23.0 Å². The number of carbonyl (C=O) groups excluding carboxylic acids is 1. The Bertz CT molecular complexity index is 893. The van der Waals surface area contributed by atoms with E-state index >= 15 is 0 Å². The Hall–Kier alpha value is -3.35. The lowest BCUT2D eigenvalue weighted by Crippen LogP contribution is -2.14. The molecule has 3 aromatic rings. The van der Waals surface area contributed by atoms with Gasteiger partial charge >= 0.3 is 0 Å². The van der Waals surface area contributed by atoms with E-state index in [9.17, 15) is 18.0 Å². The highest BCUT2D eigenvalue weighted by atomic mass is 19.1. The molecule has 1 amide bonds. The largest absolute Gasteiger partial charge is 0.349 e. The van der Waals surface area contributed by atoms with Gasteiger partial charge in [0.05, 0.1) is 17.6 Å². The van der Waals surface area contributed by atoms with E-state index in [4.69, 9.17) is 0 Å². The lowest BCUT2D eigenvalue weighted by atomic mass is 10.2. The summed E-state index contributed by atoms with van der Waals surface area (Å²) in [5, 5.41) is 4.96. The Morgan fingerprint density at radius 2 is 1.52 bits per heavy atom. The molecule has 0 fully saturated rings. The first-order chi connectivity index (χ1) is 12.0. The normalized spacial score (nSPS) is 10.4. The van der Waals surface area contributed by atoms with Crippen LogP contribution in [-0.2, 0) is 0 Å². The molecule has 126 valence electrons. The SMILES string of the molecule is O=C(Nc1ccccc1F)c1ccc(Nc2c(F)cccc2F)cn1. The second-order valence-electron chi connectivity index (χ2n) is 5.09. The van der Waals surface area contributed by atoms with Crippen LogP contribution in [-0.4, -0.2) is 10.9 Å². The highest BCUT2D eigenvalue weighted by Gasteiger charge is 2.12. The van der Waals surface area contributed by atoms with Gasteiger partial charge < -0.3 is 10.6 Å². The van der Waals surface area contributed by atoms with Gasteiger partial charge in [-0.05, 0) is 36.4 Å². The quantitative estimate of drug-likeness (QED) is 0.734. The maximum atomic E-state index is 13.6. The third-order valence-electron chi connectivity index (χ3n) is 3.35. The zero-order chi connectivity index (χ0) is 17.8. The first-order valence-corrected chi connectivity index (χ1v) is 7.27. The van der Waals surface area contributed by atoms with Crippen LogP contribution in [0.2, 0.25) is 0 Å². The molecule has 4 nitrogen and oxygen atoms in total. The lowest BCUT2D eigenvalue weighted by molar-refractivity contribution is 0.102. The Labute approximate surface area is 141 Å². The number of anilines is 3. The third-order valence-corrected chi connectivity index (χ3v) is 3.35. The van der Waals surface area contributed by atoms with Crippen molar-refractivity contribution in [2.24, 2.45) is 0 Å². The molecule has 0 radical (unpaired) electrons. The molecule has 0 aliphatic rings. The fourth-order valence-corrected chi connectivity index (χ4v) is 2.11. The van der Waals surface area contributed by atoms with E-state index in [-0.39, 0.29) is 17.1 Å². The maximum Gasteiger partial charge on any atom is 0.274 e. The Morgan fingerprint density at radius 1 is 0.840 bits per heavy atom. The van der Waals surface area contributed by atoms with Gasteiger partial charge in [0.25, 0.3) is 5.91 Å². The van der Waals surface area contributed by atoms with Gasteiger partial charge in [-0.3, -0.25) is 4.79 Å². The van der Waals surface area contributed by atoms with Gasteiger partial charge in [-0.2, -0.15) is 0 Å². The molecule has 0 bridgehead atoms. The third kappa shape index (κ3) is 3.77. The molecule has 0 aliphatic carbocycles. The minimum atomic E-state index is -0.749. The molecule has 0 spiro atoms. The summed E-state index contributed by atoms with van der Waals surface area (Å²) in [5.74, 6) is -2.67. The zero-order valence-corrected chi connectivity index (χ0v) is 12.8. The minimum absolute atomic E-state index is 0.0304. The number of carbonyl (C=O) groups is 1. The van der Waals surface area contributed by atoms with Crippen molar-refractivity contribution in [2.75, 3.05) is 10.6 Å². The summed E-state index contributed by atoms with van der Waals surface area (Å²) in [5.41, 5.74) is 0.0482. The van der Waals surface area contributed by atoms with Gasteiger partial charge in [-0.25, -0.2) is 18.2 Å². The molecule has 0 aliphatic heterocycles. The summed E-state index contributed by atoms with van der Waals surface area (Å²) >= 11 is 0. The number of nitrogens with zero attached hydrogens (tertiary/aromatic N) is 1. The van der Waals surface area contributed by atoms with E-state index in [1.54, 1.807) is 6.07 Å². The van der Waals surface area contributed by atoms with Crippen molar-refractivity contribution in [2.45, 2.75) is 0 Å². The minimum Gasteiger partial charge on any atom is -0.349 e. The number of hydrogen-bond acceptors (Lipinski definition) is 3. The van der Waals surface area contributed by atoms with E-state index in [2.05, 4.69) is 15.6 Å². The summed E-state index contributed by atoms with van der Waals surface area (Å²) in [6, 6.07) is 12.0. The van der Waals surface area contributed by atoms with Crippen molar-refractivity contribution in [3.8, 4) is 0 Å². The molecule has 0 saturated carbocycles. The van der Waals surface area contributed by atoms with Crippen molar-refractivity contribution in [3.05, 3.63) is 83.9 Å². The van der Waals surface area contributed by atoms with Crippen LogP contribution in [0.1, 0.15) is 10.5 Å². The number of para-hydroxylation sites is 2. The predicted molar refractivity (Wildman–Crippen MR) is 88.2 cm³/mol. The highest BCUT2D eigenvalue weighted by molar-refractivity contribution is 6.03. The Morgan fingerprint density at radius 3 is 2.16 bits per heavy atom. The van der Waals surface area contributed by atoms with Crippen LogP contribution in [0.5, 0.6) is 0 Å². The Kier molecular flexibility index (Phi) is 4.65. The molecule has 0 atom stereocenters.